The van der Waals surface area contributed by atoms with Gasteiger partial charge in [-0.1, -0.05) is 24.7 Å². The standard InChI is InChI=1S/C11H17/c1-3-8-7-9-4-2-6-11(9)10(8)5-1/h1,8-11H,2-7H2/q-1/t8-,9+,10-,11+/m1/s1. The Labute approximate surface area is 69.4 Å². The number of rotatable bonds is 0. The molecule has 3 aliphatic carbocycles. The summed E-state index contributed by atoms with van der Waals surface area (Å²) in [6, 6.07) is 0. The third-order valence-corrected chi connectivity index (χ3v) is 4.39. The highest BCUT2D eigenvalue weighted by Gasteiger charge is 2.43. The molecule has 3 aliphatic rings. The molecule has 0 N–H and O–H groups in total. The predicted molar refractivity (Wildman–Crippen MR) is 46.0 cm³/mol. The number of hydrogen-bond acceptors (Lipinski definition) is 0. The molecule has 11 heavy (non-hydrogen) atoms. The molecule has 0 aliphatic heterocycles. The van der Waals surface area contributed by atoms with Gasteiger partial charge in [0.2, 0.25) is 0 Å². The summed E-state index contributed by atoms with van der Waals surface area (Å²) < 4.78 is 0. The average Bonchev–Trinajstić information content (AvgIpc) is 2.52. The van der Waals surface area contributed by atoms with Gasteiger partial charge in [-0.3, -0.25) is 0 Å². The molecule has 0 nitrogen and oxygen atoms in total. The summed E-state index contributed by atoms with van der Waals surface area (Å²) in [7, 11) is 0. The second-order valence-electron chi connectivity index (χ2n) is 4.77. The first-order valence-corrected chi connectivity index (χ1v) is 5.27. The second kappa shape index (κ2) is 2.24. The zero-order valence-electron chi connectivity index (χ0n) is 7.13. The molecular formula is C11H17-. The van der Waals surface area contributed by atoms with Crippen LogP contribution in [0.5, 0.6) is 0 Å². The number of hydrogen-bond donors (Lipinski definition) is 0. The summed E-state index contributed by atoms with van der Waals surface area (Å²) in [4.78, 5) is 0. The third kappa shape index (κ3) is 0.816. The highest BCUT2D eigenvalue weighted by molar-refractivity contribution is 5.01. The molecule has 4 atom stereocenters. The Morgan fingerprint density at radius 3 is 2.91 bits per heavy atom. The third-order valence-electron chi connectivity index (χ3n) is 4.39. The van der Waals surface area contributed by atoms with E-state index in [4.69, 9.17) is 0 Å². The fourth-order valence-corrected chi connectivity index (χ4v) is 3.98. The zero-order chi connectivity index (χ0) is 7.26. The van der Waals surface area contributed by atoms with Gasteiger partial charge in [0.25, 0.3) is 0 Å². The maximum atomic E-state index is 2.55. The van der Waals surface area contributed by atoms with Gasteiger partial charge in [-0.25, -0.2) is 0 Å². The molecule has 0 saturated heterocycles. The smallest absolute Gasteiger partial charge is 0.0380 e. The summed E-state index contributed by atoms with van der Waals surface area (Å²) in [6.07, 6.45) is 11.7. The van der Waals surface area contributed by atoms with E-state index in [2.05, 4.69) is 6.42 Å². The van der Waals surface area contributed by atoms with Gasteiger partial charge in [0.15, 0.2) is 0 Å². The molecule has 0 heteroatoms. The van der Waals surface area contributed by atoms with E-state index in [-0.39, 0.29) is 0 Å². The Morgan fingerprint density at radius 1 is 0.909 bits per heavy atom. The van der Waals surface area contributed by atoms with E-state index in [1.165, 1.54) is 24.7 Å². The van der Waals surface area contributed by atoms with Crippen molar-refractivity contribution in [2.24, 2.45) is 23.7 Å². The van der Waals surface area contributed by atoms with Crippen molar-refractivity contribution in [1.29, 1.82) is 0 Å². The van der Waals surface area contributed by atoms with Crippen LogP contribution in [-0.4, -0.2) is 0 Å². The van der Waals surface area contributed by atoms with Crippen molar-refractivity contribution in [3.63, 3.8) is 0 Å². The fraction of sp³-hybridized carbons (Fsp3) is 0.909. The van der Waals surface area contributed by atoms with Gasteiger partial charge < -0.3 is 6.42 Å². The number of fused-ring (bicyclic) bond motifs is 3. The largest absolute Gasteiger partial charge is 0.328 e. The van der Waals surface area contributed by atoms with Crippen LogP contribution in [0.25, 0.3) is 0 Å². The first-order valence-electron chi connectivity index (χ1n) is 5.27. The zero-order valence-corrected chi connectivity index (χ0v) is 7.13. The van der Waals surface area contributed by atoms with Gasteiger partial charge in [-0.2, -0.15) is 12.8 Å². The molecule has 0 aromatic carbocycles. The summed E-state index contributed by atoms with van der Waals surface area (Å²) in [5, 5.41) is 0. The summed E-state index contributed by atoms with van der Waals surface area (Å²) in [6.45, 7) is 0. The lowest BCUT2D eigenvalue weighted by Crippen LogP contribution is -2.08. The van der Waals surface area contributed by atoms with Crippen LogP contribution in [0.4, 0.5) is 0 Å². The van der Waals surface area contributed by atoms with Gasteiger partial charge in [0.1, 0.15) is 0 Å². The quantitative estimate of drug-likeness (QED) is 0.464. The van der Waals surface area contributed by atoms with E-state index in [9.17, 15) is 0 Å². The van der Waals surface area contributed by atoms with Crippen molar-refractivity contribution < 1.29 is 0 Å². The topological polar surface area (TPSA) is 0 Å². The van der Waals surface area contributed by atoms with E-state index < -0.39 is 0 Å². The molecule has 0 radical (unpaired) electrons. The molecule has 0 bridgehead atoms. The summed E-state index contributed by atoms with van der Waals surface area (Å²) >= 11 is 0. The van der Waals surface area contributed by atoms with Crippen LogP contribution in [0, 0.1) is 30.1 Å². The van der Waals surface area contributed by atoms with Gasteiger partial charge >= 0.3 is 0 Å². The van der Waals surface area contributed by atoms with E-state index in [1.807, 2.05) is 0 Å². The van der Waals surface area contributed by atoms with Crippen LogP contribution in [0.2, 0.25) is 0 Å². The van der Waals surface area contributed by atoms with E-state index >= 15 is 0 Å². The Balaban J connectivity index is 1.84. The molecule has 3 rings (SSSR count). The first kappa shape index (κ1) is 6.51. The van der Waals surface area contributed by atoms with Crippen molar-refractivity contribution in [3.8, 4) is 0 Å². The molecule has 0 unspecified atom stereocenters. The highest BCUT2D eigenvalue weighted by atomic mass is 14.5. The molecule has 0 aromatic heterocycles. The van der Waals surface area contributed by atoms with Crippen molar-refractivity contribution in [2.75, 3.05) is 0 Å². The van der Waals surface area contributed by atoms with Crippen molar-refractivity contribution >= 4 is 0 Å². The summed E-state index contributed by atoms with van der Waals surface area (Å²) in [5.41, 5.74) is 0. The first-order chi connectivity index (χ1) is 5.45. The fourth-order valence-electron chi connectivity index (χ4n) is 3.98. The minimum Gasteiger partial charge on any atom is -0.328 e. The molecule has 0 aromatic rings. The van der Waals surface area contributed by atoms with Crippen LogP contribution in [0.3, 0.4) is 0 Å². The Hall–Kier alpha value is 0. The lowest BCUT2D eigenvalue weighted by atomic mass is 9.90. The molecule has 62 valence electrons. The molecule has 3 saturated carbocycles. The Morgan fingerprint density at radius 2 is 1.91 bits per heavy atom. The van der Waals surface area contributed by atoms with Crippen molar-refractivity contribution in [3.05, 3.63) is 6.42 Å². The summed E-state index contributed by atoms with van der Waals surface area (Å²) in [5.74, 6) is 4.60. The van der Waals surface area contributed by atoms with Gasteiger partial charge in [0.05, 0.1) is 0 Å². The van der Waals surface area contributed by atoms with Crippen LogP contribution >= 0.6 is 0 Å². The highest BCUT2D eigenvalue weighted by Crippen LogP contribution is 2.56. The molecule has 0 spiro atoms. The van der Waals surface area contributed by atoms with Crippen molar-refractivity contribution in [2.45, 2.75) is 38.5 Å². The van der Waals surface area contributed by atoms with Crippen molar-refractivity contribution in [1.82, 2.24) is 0 Å². The Bertz CT molecular complexity index is 143. The minimum atomic E-state index is 1.13. The molecule has 0 amide bonds. The maximum Gasteiger partial charge on any atom is -0.0380 e. The molecular weight excluding hydrogens is 132 g/mol. The normalized spacial score (nSPS) is 54.5. The van der Waals surface area contributed by atoms with Crippen LogP contribution in [0.1, 0.15) is 38.5 Å². The van der Waals surface area contributed by atoms with Gasteiger partial charge in [-0.15, -0.1) is 0 Å². The monoisotopic (exact) mass is 149 g/mol. The SMILES string of the molecule is [CH-]1C[C@@H]2C[C@@H]3CCC[C@@H]3[C@@H]2C1. The predicted octanol–water partition coefficient (Wildman–Crippen LogP) is 3.04. The van der Waals surface area contributed by atoms with E-state index in [0.29, 0.717) is 0 Å². The van der Waals surface area contributed by atoms with Gasteiger partial charge in [0, 0.05) is 0 Å². The van der Waals surface area contributed by atoms with Gasteiger partial charge in [-0.05, 0) is 24.7 Å². The Kier molecular flexibility index (Phi) is 1.33. The lowest BCUT2D eigenvalue weighted by molar-refractivity contribution is 0.338. The maximum absolute atomic E-state index is 2.55. The van der Waals surface area contributed by atoms with Crippen LogP contribution in [-0.2, 0) is 0 Å². The molecule has 0 heterocycles. The van der Waals surface area contributed by atoms with Crippen LogP contribution < -0.4 is 0 Å². The molecule has 3 fully saturated rings. The lowest BCUT2D eigenvalue weighted by Gasteiger charge is -2.18. The van der Waals surface area contributed by atoms with E-state index in [1.54, 1.807) is 25.7 Å². The average molecular weight is 149 g/mol. The minimum absolute atomic E-state index is 1.13. The van der Waals surface area contributed by atoms with Crippen LogP contribution in [0.15, 0.2) is 0 Å². The second-order valence-corrected chi connectivity index (χ2v) is 4.77. The van der Waals surface area contributed by atoms with E-state index in [0.717, 1.165) is 11.8 Å².